The lowest BCUT2D eigenvalue weighted by atomic mass is 10.1. The topological polar surface area (TPSA) is 96.5 Å². The molecule has 7 nitrogen and oxygen atoms in total. The van der Waals surface area contributed by atoms with E-state index in [0.29, 0.717) is 23.7 Å². The van der Waals surface area contributed by atoms with Crippen LogP contribution in [0, 0.1) is 5.92 Å². The highest BCUT2D eigenvalue weighted by Crippen LogP contribution is 2.19. The van der Waals surface area contributed by atoms with E-state index in [0.717, 1.165) is 6.42 Å². The minimum Gasteiger partial charge on any atom is -0.483 e. The molecule has 0 aromatic heterocycles. The molecule has 2 rings (SSSR count). The number of anilines is 1. The minimum atomic E-state index is -0.597. The van der Waals surface area contributed by atoms with Crippen LogP contribution in [0.5, 0.6) is 5.75 Å². The predicted octanol–water partition coefficient (Wildman–Crippen LogP) is 3.19. The standard InChI is InChI=1S/C21H25N3O4/c1-15(2)12-13-22-21(27)24-19(25)14-28-18-11-7-6-10-17(18)20(26)23-16-8-4-3-5-9-16/h3-11,15H,12-14H2,1-2H3,(H,23,26)(H2,22,24,25,27). The number of rotatable bonds is 8. The molecule has 3 N–H and O–H groups in total. The zero-order valence-electron chi connectivity index (χ0n) is 16.0. The minimum absolute atomic E-state index is 0.256. The molecule has 0 aliphatic carbocycles. The van der Waals surface area contributed by atoms with Gasteiger partial charge in [-0.2, -0.15) is 0 Å². The molecule has 0 aliphatic heterocycles. The van der Waals surface area contributed by atoms with Crippen molar-refractivity contribution in [3.8, 4) is 5.75 Å². The number of para-hydroxylation sites is 2. The molecule has 2 aromatic carbocycles. The number of carbonyl (C=O) groups excluding carboxylic acids is 3. The van der Waals surface area contributed by atoms with E-state index in [-0.39, 0.29) is 18.3 Å². The van der Waals surface area contributed by atoms with E-state index in [2.05, 4.69) is 16.0 Å². The lowest BCUT2D eigenvalue weighted by molar-refractivity contribution is -0.122. The summed E-state index contributed by atoms with van der Waals surface area (Å²) < 4.78 is 5.45. The first-order valence-corrected chi connectivity index (χ1v) is 9.11. The lowest BCUT2D eigenvalue weighted by Crippen LogP contribution is -2.42. The summed E-state index contributed by atoms with van der Waals surface area (Å²) in [7, 11) is 0. The Labute approximate surface area is 164 Å². The van der Waals surface area contributed by atoms with Crippen molar-refractivity contribution >= 4 is 23.5 Å². The molecule has 0 heterocycles. The van der Waals surface area contributed by atoms with Crippen molar-refractivity contribution < 1.29 is 19.1 Å². The van der Waals surface area contributed by atoms with Gasteiger partial charge in [0.05, 0.1) is 5.56 Å². The van der Waals surface area contributed by atoms with Gasteiger partial charge >= 0.3 is 6.03 Å². The summed E-state index contributed by atoms with van der Waals surface area (Å²) in [6.07, 6.45) is 0.821. The number of amides is 4. The van der Waals surface area contributed by atoms with Gasteiger partial charge in [-0.25, -0.2) is 4.79 Å². The Kier molecular flexibility index (Phi) is 8.02. The van der Waals surface area contributed by atoms with Crippen LogP contribution in [0.15, 0.2) is 54.6 Å². The molecular weight excluding hydrogens is 358 g/mol. The van der Waals surface area contributed by atoms with Crippen LogP contribution in [0.2, 0.25) is 0 Å². The second-order valence-electron chi connectivity index (χ2n) is 6.59. The number of nitrogens with one attached hydrogen (secondary N) is 3. The Balaban J connectivity index is 1.88. The number of carbonyl (C=O) groups is 3. The molecule has 0 unspecified atom stereocenters. The monoisotopic (exact) mass is 383 g/mol. The summed E-state index contributed by atoms with van der Waals surface area (Å²) in [5.41, 5.74) is 0.943. The number of imide groups is 1. The third-order valence-corrected chi connectivity index (χ3v) is 3.78. The predicted molar refractivity (Wildman–Crippen MR) is 107 cm³/mol. The molecule has 0 aliphatic rings. The summed E-state index contributed by atoms with van der Waals surface area (Å²) in [6, 6.07) is 15.1. The van der Waals surface area contributed by atoms with Gasteiger partial charge in [-0.1, -0.05) is 44.2 Å². The number of hydrogen-bond acceptors (Lipinski definition) is 4. The first-order valence-electron chi connectivity index (χ1n) is 9.11. The van der Waals surface area contributed by atoms with Crippen molar-refractivity contribution in [2.24, 2.45) is 5.92 Å². The van der Waals surface area contributed by atoms with Crippen LogP contribution in [0.4, 0.5) is 10.5 Å². The van der Waals surface area contributed by atoms with E-state index in [1.165, 1.54) is 0 Å². The average molecular weight is 383 g/mol. The van der Waals surface area contributed by atoms with Gasteiger partial charge in [0.25, 0.3) is 11.8 Å². The van der Waals surface area contributed by atoms with Crippen LogP contribution in [0.25, 0.3) is 0 Å². The summed E-state index contributed by atoms with van der Waals surface area (Å²) in [6.45, 7) is 4.20. The van der Waals surface area contributed by atoms with Crippen LogP contribution in [0.3, 0.4) is 0 Å². The normalized spacial score (nSPS) is 10.2. The third-order valence-electron chi connectivity index (χ3n) is 3.78. The molecule has 0 saturated heterocycles. The Morgan fingerprint density at radius 1 is 0.964 bits per heavy atom. The van der Waals surface area contributed by atoms with Crippen LogP contribution < -0.4 is 20.7 Å². The van der Waals surface area contributed by atoms with Crippen molar-refractivity contribution in [2.75, 3.05) is 18.5 Å². The molecule has 2 aromatic rings. The second-order valence-corrected chi connectivity index (χ2v) is 6.59. The Morgan fingerprint density at radius 3 is 2.36 bits per heavy atom. The van der Waals surface area contributed by atoms with Gasteiger partial charge in [0.1, 0.15) is 5.75 Å². The van der Waals surface area contributed by atoms with Gasteiger partial charge in [-0.05, 0) is 36.6 Å². The second kappa shape index (κ2) is 10.7. The van der Waals surface area contributed by atoms with Crippen LogP contribution in [0.1, 0.15) is 30.6 Å². The van der Waals surface area contributed by atoms with E-state index in [1.807, 2.05) is 32.0 Å². The maximum absolute atomic E-state index is 12.5. The molecule has 0 atom stereocenters. The van der Waals surface area contributed by atoms with Gasteiger partial charge < -0.3 is 15.4 Å². The zero-order chi connectivity index (χ0) is 20.4. The first kappa shape index (κ1) is 21.0. The number of urea groups is 1. The summed E-state index contributed by atoms with van der Waals surface area (Å²) >= 11 is 0. The van der Waals surface area contributed by atoms with Gasteiger partial charge in [0, 0.05) is 12.2 Å². The summed E-state index contributed by atoms with van der Waals surface area (Å²) in [5.74, 6) is -0.238. The lowest BCUT2D eigenvalue weighted by Gasteiger charge is -2.12. The fourth-order valence-electron chi connectivity index (χ4n) is 2.32. The molecule has 148 valence electrons. The van der Waals surface area contributed by atoms with E-state index in [9.17, 15) is 14.4 Å². The van der Waals surface area contributed by atoms with Crippen molar-refractivity contribution in [3.05, 3.63) is 60.2 Å². The molecule has 7 heteroatoms. The average Bonchev–Trinajstić information content (AvgIpc) is 2.67. The first-order chi connectivity index (χ1) is 13.5. The maximum atomic E-state index is 12.5. The number of hydrogen-bond donors (Lipinski definition) is 3. The molecule has 4 amide bonds. The molecule has 0 radical (unpaired) electrons. The Morgan fingerprint density at radius 2 is 1.64 bits per heavy atom. The number of benzene rings is 2. The van der Waals surface area contributed by atoms with E-state index < -0.39 is 11.9 Å². The number of ether oxygens (including phenoxy) is 1. The van der Waals surface area contributed by atoms with E-state index in [1.54, 1.807) is 36.4 Å². The quantitative estimate of drug-likeness (QED) is 0.652. The zero-order valence-corrected chi connectivity index (χ0v) is 16.0. The molecule has 0 bridgehead atoms. The van der Waals surface area contributed by atoms with E-state index in [4.69, 9.17) is 4.74 Å². The van der Waals surface area contributed by atoms with E-state index >= 15 is 0 Å². The summed E-state index contributed by atoms with van der Waals surface area (Å²) in [4.78, 5) is 36.0. The fraction of sp³-hybridized carbons (Fsp3) is 0.286. The molecule has 0 fully saturated rings. The van der Waals surface area contributed by atoms with Crippen LogP contribution >= 0.6 is 0 Å². The summed E-state index contributed by atoms with van der Waals surface area (Å²) in [5, 5.41) is 7.57. The van der Waals surface area contributed by atoms with Gasteiger partial charge in [0.15, 0.2) is 6.61 Å². The highest BCUT2D eigenvalue weighted by Gasteiger charge is 2.14. The smallest absolute Gasteiger partial charge is 0.321 e. The molecular formula is C21H25N3O4. The van der Waals surface area contributed by atoms with Crippen LogP contribution in [-0.4, -0.2) is 31.0 Å². The largest absolute Gasteiger partial charge is 0.483 e. The van der Waals surface area contributed by atoms with Gasteiger partial charge in [0.2, 0.25) is 0 Å². The molecule has 28 heavy (non-hydrogen) atoms. The molecule has 0 saturated carbocycles. The Hall–Kier alpha value is -3.35. The maximum Gasteiger partial charge on any atom is 0.321 e. The molecule has 0 spiro atoms. The highest BCUT2D eigenvalue weighted by atomic mass is 16.5. The van der Waals surface area contributed by atoms with Crippen molar-refractivity contribution in [2.45, 2.75) is 20.3 Å². The van der Waals surface area contributed by atoms with Crippen molar-refractivity contribution in [1.29, 1.82) is 0 Å². The fourth-order valence-corrected chi connectivity index (χ4v) is 2.32. The van der Waals surface area contributed by atoms with Crippen molar-refractivity contribution in [1.82, 2.24) is 10.6 Å². The Bertz CT molecular complexity index is 806. The SMILES string of the molecule is CC(C)CCNC(=O)NC(=O)COc1ccccc1C(=O)Nc1ccccc1. The van der Waals surface area contributed by atoms with Crippen molar-refractivity contribution in [3.63, 3.8) is 0 Å². The third kappa shape index (κ3) is 7.11. The highest BCUT2D eigenvalue weighted by molar-refractivity contribution is 6.06. The van der Waals surface area contributed by atoms with Crippen LogP contribution in [-0.2, 0) is 4.79 Å². The van der Waals surface area contributed by atoms with Gasteiger partial charge in [-0.3, -0.25) is 14.9 Å². The van der Waals surface area contributed by atoms with Gasteiger partial charge in [-0.15, -0.1) is 0 Å².